The second kappa shape index (κ2) is 7.45. The van der Waals surface area contributed by atoms with Crippen LogP contribution in [0.5, 0.6) is 0 Å². The Kier molecular flexibility index (Phi) is 4.82. The van der Waals surface area contributed by atoms with Crippen LogP contribution in [0.2, 0.25) is 5.15 Å². The van der Waals surface area contributed by atoms with Crippen molar-refractivity contribution in [1.82, 2.24) is 18.7 Å². The molecule has 162 valence electrons. The number of halogens is 1. The number of thiazole rings is 1. The van der Waals surface area contributed by atoms with Gasteiger partial charge in [-0.2, -0.15) is 5.26 Å². The van der Waals surface area contributed by atoms with E-state index in [0.717, 1.165) is 15.3 Å². The number of fused-ring (bicyclic) bond motifs is 3. The maximum Gasteiger partial charge on any atom is 0.331 e. The standard InChI is InChI=1S/C22H18ClN5O3S/c1-26-19-16(21(30)27(2)22(26)31)17(12-5-3-4-11(6-12)8-24)28-13(9-29)7-14(18(19)28)20-25-15(23)10-32-20/h3-6,10,13-14,29H,7,9H2,1-2H3/t13-,14+/m0/s1. The Morgan fingerprint density at radius 2 is 2.09 bits per heavy atom. The van der Waals surface area contributed by atoms with Crippen molar-refractivity contribution >= 4 is 33.8 Å². The fourth-order valence-electron chi connectivity index (χ4n) is 4.73. The fourth-order valence-corrected chi connectivity index (χ4v) is 5.80. The van der Waals surface area contributed by atoms with Crippen molar-refractivity contribution in [2.75, 3.05) is 6.61 Å². The Morgan fingerprint density at radius 1 is 1.31 bits per heavy atom. The molecule has 0 radical (unpaired) electrons. The van der Waals surface area contributed by atoms with E-state index in [1.54, 1.807) is 30.6 Å². The highest BCUT2D eigenvalue weighted by atomic mass is 35.5. The zero-order chi connectivity index (χ0) is 22.7. The Balaban J connectivity index is 1.98. The minimum Gasteiger partial charge on any atom is -0.394 e. The van der Waals surface area contributed by atoms with E-state index in [1.807, 2.05) is 10.6 Å². The molecule has 0 unspecified atom stereocenters. The van der Waals surface area contributed by atoms with Crippen LogP contribution in [0.4, 0.5) is 0 Å². The summed E-state index contributed by atoms with van der Waals surface area (Å²) in [6.07, 6.45) is 0.556. The molecule has 1 N–H and O–H groups in total. The number of aryl methyl sites for hydroxylation is 1. The second-order valence-corrected chi connectivity index (χ2v) is 9.14. The summed E-state index contributed by atoms with van der Waals surface area (Å²) in [7, 11) is 3.09. The maximum absolute atomic E-state index is 13.4. The van der Waals surface area contributed by atoms with Crippen molar-refractivity contribution in [3.8, 4) is 17.3 Å². The highest BCUT2D eigenvalue weighted by Gasteiger charge is 2.40. The summed E-state index contributed by atoms with van der Waals surface area (Å²) in [5.74, 6) is -0.238. The van der Waals surface area contributed by atoms with Gasteiger partial charge >= 0.3 is 5.69 Å². The smallest absolute Gasteiger partial charge is 0.331 e. The molecule has 0 saturated heterocycles. The van der Waals surface area contributed by atoms with Crippen LogP contribution in [0.1, 0.15) is 34.6 Å². The predicted molar refractivity (Wildman–Crippen MR) is 122 cm³/mol. The average molecular weight is 468 g/mol. The zero-order valence-electron chi connectivity index (χ0n) is 17.2. The summed E-state index contributed by atoms with van der Waals surface area (Å²) in [6, 6.07) is 8.80. The number of benzene rings is 1. The number of rotatable bonds is 3. The highest BCUT2D eigenvalue weighted by molar-refractivity contribution is 7.10. The molecule has 0 aliphatic carbocycles. The number of hydrogen-bond acceptors (Lipinski definition) is 6. The molecule has 1 aromatic carbocycles. The van der Waals surface area contributed by atoms with Gasteiger partial charge < -0.3 is 9.67 Å². The van der Waals surface area contributed by atoms with E-state index in [1.165, 1.54) is 23.0 Å². The largest absolute Gasteiger partial charge is 0.394 e. The van der Waals surface area contributed by atoms with Gasteiger partial charge in [0.1, 0.15) is 10.2 Å². The van der Waals surface area contributed by atoms with Crippen molar-refractivity contribution in [3.63, 3.8) is 0 Å². The van der Waals surface area contributed by atoms with Crippen LogP contribution in [0.25, 0.3) is 22.2 Å². The average Bonchev–Trinajstić information content (AvgIpc) is 3.48. The third kappa shape index (κ3) is 2.80. The molecule has 8 nitrogen and oxygen atoms in total. The van der Waals surface area contributed by atoms with Crippen LogP contribution >= 0.6 is 22.9 Å². The molecular formula is C22H18ClN5O3S. The van der Waals surface area contributed by atoms with Crippen molar-refractivity contribution in [3.05, 3.63) is 71.9 Å². The molecule has 32 heavy (non-hydrogen) atoms. The monoisotopic (exact) mass is 467 g/mol. The van der Waals surface area contributed by atoms with Crippen molar-refractivity contribution in [1.29, 1.82) is 5.26 Å². The molecule has 10 heteroatoms. The molecule has 0 fully saturated rings. The Bertz CT molecular complexity index is 1550. The SMILES string of the molecule is Cn1c(=O)c2c(-c3cccc(C#N)c3)n3c(c2n(C)c1=O)[C@H](c1nc(Cl)cs1)C[C@H]3CO. The first-order chi connectivity index (χ1) is 15.4. The van der Waals surface area contributed by atoms with E-state index >= 15 is 0 Å². The summed E-state index contributed by atoms with van der Waals surface area (Å²) in [4.78, 5) is 30.7. The number of aliphatic hydroxyl groups is 1. The molecule has 4 aromatic rings. The summed E-state index contributed by atoms with van der Waals surface area (Å²) in [5.41, 5.74) is 2.13. The molecule has 0 saturated carbocycles. The van der Waals surface area contributed by atoms with Gasteiger partial charge in [-0.25, -0.2) is 9.78 Å². The van der Waals surface area contributed by atoms with Gasteiger partial charge in [0.2, 0.25) is 0 Å². The minimum atomic E-state index is -0.434. The summed E-state index contributed by atoms with van der Waals surface area (Å²) >= 11 is 7.50. The van der Waals surface area contributed by atoms with Crippen LogP contribution in [0, 0.1) is 11.3 Å². The quantitative estimate of drug-likeness (QED) is 0.498. The van der Waals surface area contributed by atoms with Crippen LogP contribution in [0.3, 0.4) is 0 Å². The van der Waals surface area contributed by atoms with Gasteiger partial charge in [0.05, 0.1) is 52.5 Å². The van der Waals surface area contributed by atoms with Gasteiger partial charge in [-0.3, -0.25) is 13.9 Å². The van der Waals surface area contributed by atoms with Crippen LogP contribution in [-0.4, -0.2) is 30.4 Å². The highest BCUT2D eigenvalue weighted by Crippen LogP contribution is 2.49. The van der Waals surface area contributed by atoms with Gasteiger partial charge in [-0.1, -0.05) is 23.7 Å². The van der Waals surface area contributed by atoms with E-state index in [4.69, 9.17) is 11.6 Å². The van der Waals surface area contributed by atoms with E-state index in [-0.39, 0.29) is 18.6 Å². The van der Waals surface area contributed by atoms with Gasteiger partial charge in [-0.05, 0) is 18.6 Å². The number of nitriles is 1. The second-order valence-electron chi connectivity index (χ2n) is 7.86. The molecule has 1 aliphatic heterocycles. The first-order valence-corrected chi connectivity index (χ1v) is 11.2. The lowest BCUT2D eigenvalue weighted by molar-refractivity contribution is 0.232. The topological polar surface area (TPSA) is 106 Å². The fraction of sp³-hybridized carbons (Fsp3) is 0.273. The summed E-state index contributed by atoms with van der Waals surface area (Å²) < 4.78 is 4.50. The third-order valence-electron chi connectivity index (χ3n) is 6.12. The third-order valence-corrected chi connectivity index (χ3v) is 7.40. The Hall–Kier alpha value is -3.19. The minimum absolute atomic E-state index is 0.150. The number of hydrogen-bond donors (Lipinski definition) is 1. The normalized spacial score (nSPS) is 17.6. The van der Waals surface area contributed by atoms with Crippen molar-refractivity contribution < 1.29 is 5.11 Å². The molecule has 3 aromatic heterocycles. The number of aliphatic hydroxyl groups excluding tert-OH is 1. The van der Waals surface area contributed by atoms with Crippen LogP contribution < -0.4 is 11.2 Å². The van der Waals surface area contributed by atoms with Crippen molar-refractivity contribution in [2.24, 2.45) is 14.1 Å². The first-order valence-electron chi connectivity index (χ1n) is 9.93. The molecular weight excluding hydrogens is 450 g/mol. The molecule has 5 rings (SSSR count). The number of nitrogens with zero attached hydrogens (tertiary/aromatic N) is 5. The van der Waals surface area contributed by atoms with Crippen molar-refractivity contribution in [2.45, 2.75) is 18.4 Å². The van der Waals surface area contributed by atoms with Gasteiger partial charge in [-0.15, -0.1) is 11.3 Å². The molecule has 2 atom stereocenters. The van der Waals surface area contributed by atoms with E-state index < -0.39 is 11.2 Å². The first kappa shape index (κ1) is 20.7. The maximum atomic E-state index is 13.4. The Morgan fingerprint density at radius 3 is 2.75 bits per heavy atom. The van der Waals surface area contributed by atoms with Crippen LogP contribution in [-0.2, 0) is 14.1 Å². The molecule has 4 heterocycles. The molecule has 0 amide bonds. The van der Waals surface area contributed by atoms with Gasteiger partial charge in [0, 0.05) is 25.0 Å². The van der Waals surface area contributed by atoms with E-state index in [0.29, 0.717) is 39.3 Å². The lowest BCUT2D eigenvalue weighted by Crippen LogP contribution is -2.37. The molecule has 0 bridgehead atoms. The molecule has 1 aliphatic rings. The number of aromatic nitrogens is 4. The Labute approximate surface area is 191 Å². The molecule has 0 spiro atoms. The summed E-state index contributed by atoms with van der Waals surface area (Å²) in [6.45, 7) is -0.150. The lowest BCUT2D eigenvalue weighted by atomic mass is 9.99. The van der Waals surface area contributed by atoms with Gasteiger partial charge in [0.25, 0.3) is 5.56 Å². The van der Waals surface area contributed by atoms with E-state index in [2.05, 4.69) is 11.1 Å². The van der Waals surface area contributed by atoms with E-state index in [9.17, 15) is 20.0 Å². The van der Waals surface area contributed by atoms with Crippen LogP contribution in [0.15, 0.2) is 39.2 Å². The predicted octanol–water partition coefficient (Wildman–Crippen LogP) is 2.76. The van der Waals surface area contributed by atoms with Gasteiger partial charge in [0.15, 0.2) is 0 Å². The lowest BCUT2D eigenvalue weighted by Gasteiger charge is -2.15. The summed E-state index contributed by atoms with van der Waals surface area (Å²) in [5, 5.41) is 22.9. The zero-order valence-corrected chi connectivity index (χ0v) is 18.8.